The standard InChI is InChI=1S/C17H31NO4/c1-3-5-6-7-10-14-21-16(19)15-11-8-9-12-18(15)17(20)22-13-4-2/h15H,3-14H2,1-2H3. The summed E-state index contributed by atoms with van der Waals surface area (Å²) < 4.78 is 10.5. The topological polar surface area (TPSA) is 55.8 Å². The first kappa shape index (κ1) is 18.8. The van der Waals surface area contributed by atoms with E-state index >= 15 is 0 Å². The molecule has 1 heterocycles. The van der Waals surface area contributed by atoms with Crippen LogP contribution >= 0.6 is 0 Å². The maximum atomic E-state index is 12.2. The van der Waals surface area contributed by atoms with Crippen molar-refractivity contribution in [3.05, 3.63) is 0 Å². The van der Waals surface area contributed by atoms with Crippen LogP contribution in [-0.2, 0) is 14.3 Å². The van der Waals surface area contributed by atoms with Crippen LogP contribution in [0, 0.1) is 0 Å². The zero-order valence-electron chi connectivity index (χ0n) is 14.1. The molecule has 0 aromatic heterocycles. The first-order chi connectivity index (χ1) is 10.7. The maximum absolute atomic E-state index is 12.2. The molecule has 5 heteroatoms. The van der Waals surface area contributed by atoms with Crippen molar-refractivity contribution in [3.63, 3.8) is 0 Å². The molecule has 0 aliphatic carbocycles. The fourth-order valence-corrected chi connectivity index (χ4v) is 2.64. The van der Waals surface area contributed by atoms with Gasteiger partial charge >= 0.3 is 12.1 Å². The molecule has 1 unspecified atom stereocenters. The number of likely N-dealkylation sites (tertiary alicyclic amines) is 1. The second-order valence-corrected chi connectivity index (χ2v) is 5.90. The van der Waals surface area contributed by atoms with Crippen LogP contribution in [-0.4, -0.2) is 42.8 Å². The molecule has 0 spiro atoms. The summed E-state index contributed by atoms with van der Waals surface area (Å²) in [6, 6.07) is -0.464. The first-order valence-electron chi connectivity index (χ1n) is 8.80. The van der Waals surface area contributed by atoms with Gasteiger partial charge < -0.3 is 9.47 Å². The lowest BCUT2D eigenvalue weighted by Crippen LogP contribution is -2.49. The molecule has 1 aliphatic heterocycles. The van der Waals surface area contributed by atoms with Crippen LogP contribution < -0.4 is 0 Å². The highest BCUT2D eigenvalue weighted by molar-refractivity contribution is 5.81. The SMILES string of the molecule is CCCCCCCOC(=O)C1CCCCN1C(=O)OCCC. The number of carbonyl (C=O) groups is 2. The van der Waals surface area contributed by atoms with Crippen molar-refractivity contribution in [2.75, 3.05) is 19.8 Å². The second kappa shape index (κ2) is 11.3. The van der Waals surface area contributed by atoms with E-state index in [1.165, 1.54) is 19.3 Å². The zero-order chi connectivity index (χ0) is 16.2. The average Bonchev–Trinajstić information content (AvgIpc) is 2.55. The minimum absolute atomic E-state index is 0.274. The van der Waals surface area contributed by atoms with E-state index in [2.05, 4.69) is 6.92 Å². The van der Waals surface area contributed by atoms with Gasteiger partial charge in [-0.05, 0) is 32.1 Å². The van der Waals surface area contributed by atoms with Crippen LogP contribution in [0.1, 0.15) is 71.6 Å². The van der Waals surface area contributed by atoms with Crippen LogP contribution in [0.4, 0.5) is 4.79 Å². The molecule has 0 radical (unpaired) electrons. The number of piperidine rings is 1. The van der Waals surface area contributed by atoms with E-state index in [1.54, 1.807) is 4.90 Å². The molecule has 1 rings (SSSR count). The number of nitrogens with zero attached hydrogens (tertiary/aromatic N) is 1. The number of carbonyl (C=O) groups excluding carboxylic acids is 2. The number of ether oxygens (including phenoxy) is 2. The number of hydrogen-bond donors (Lipinski definition) is 0. The van der Waals surface area contributed by atoms with Crippen molar-refractivity contribution < 1.29 is 19.1 Å². The van der Waals surface area contributed by atoms with Crippen LogP contribution in [0.25, 0.3) is 0 Å². The predicted octanol–water partition coefficient (Wildman–Crippen LogP) is 3.90. The van der Waals surface area contributed by atoms with Gasteiger partial charge in [0, 0.05) is 6.54 Å². The van der Waals surface area contributed by atoms with Crippen LogP contribution in [0.2, 0.25) is 0 Å². The number of amides is 1. The quantitative estimate of drug-likeness (QED) is 0.478. The van der Waals surface area contributed by atoms with E-state index in [4.69, 9.17) is 9.47 Å². The molecule has 0 bridgehead atoms. The van der Waals surface area contributed by atoms with Gasteiger partial charge in [0.1, 0.15) is 6.04 Å². The van der Waals surface area contributed by atoms with E-state index in [0.29, 0.717) is 26.2 Å². The normalized spacial score (nSPS) is 18.1. The molecule has 1 atom stereocenters. The Balaban J connectivity index is 2.34. The molecule has 1 saturated heterocycles. The number of rotatable bonds is 9. The summed E-state index contributed by atoms with van der Waals surface area (Å²) in [4.78, 5) is 25.8. The van der Waals surface area contributed by atoms with Crippen molar-refractivity contribution in [1.82, 2.24) is 4.90 Å². The largest absolute Gasteiger partial charge is 0.464 e. The summed E-state index contributed by atoms with van der Waals surface area (Å²) >= 11 is 0. The Morgan fingerprint density at radius 1 is 0.955 bits per heavy atom. The van der Waals surface area contributed by atoms with Crippen molar-refractivity contribution in [1.29, 1.82) is 0 Å². The Kier molecular flexibility index (Phi) is 9.67. The van der Waals surface area contributed by atoms with Gasteiger partial charge in [-0.1, -0.05) is 39.5 Å². The first-order valence-corrected chi connectivity index (χ1v) is 8.80. The number of hydrogen-bond acceptors (Lipinski definition) is 4. The van der Waals surface area contributed by atoms with E-state index in [-0.39, 0.29) is 12.1 Å². The average molecular weight is 313 g/mol. The number of esters is 1. The monoisotopic (exact) mass is 313 g/mol. The third-order valence-corrected chi connectivity index (χ3v) is 3.93. The minimum Gasteiger partial charge on any atom is -0.464 e. The van der Waals surface area contributed by atoms with Gasteiger partial charge in [0.15, 0.2) is 0 Å². The van der Waals surface area contributed by atoms with Crippen molar-refractivity contribution in [2.45, 2.75) is 77.7 Å². The molecule has 0 N–H and O–H groups in total. The van der Waals surface area contributed by atoms with Gasteiger partial charge in [-0.25, -0.2) is 9.59 Å². The molecule has 0 saturated carbocycles. The number of unbranched alkanes of at least 4 members (excludes halogenated alkanes) is 4. The predicted molar refractivity (Wildman–Crippen MR) is 85.7 cm³/mol. The zero-order valence-corrected chi connectivity index (χ0v) is 14.1. The summed E-state index contributed by atoms with van der Waals surface area (Å²) in [7, 11) is 0. The van der Waals surface area contributed by atoms with E-state index in [1.807, 2.05) is 6.92 Å². The molecule has 1 aliphatic rings. The Bertz CT molecular complexity index is 333. The van der Waals surface area contributed by atoms with E-state index in [0.717, 1.165) is 32.1 Å². The Morgan fingerprint density at radius 3 is 2.45 bits per heavy atom. The molecular weight excluding hydrogens is 282 g/mol. The van der Waals surface area contributed by atoms with Gasteiger partial charge in [-0.15, -0.1) is 0 Å². The molecule has 0 aromatic carbocycles. The van der Waals surface area contributed by atoms with Crippen molar-refractivity contribution >= 4 is 12.1 Å². The fourth-order valence-electron chi connectivity index (χ4n) is 2.64. The molecular formula is C17H31NO4. The highest BCUT2D eigenvalue weighted by Gasteiger charge is 2.34. The van der Waals surface area contributed by atoms with Crippen molar-refractivity contribution in [2.24, 2.45) is 0 Å². The lowest BCUT2D eigenvalue weighted by Gasteiger charge is -2.33. The smallest absolute Gasteiger partial charge is 0.410 e. The highest BCUT2D eigenvalue weighted by Crippen LogP contribution is 2.19. The van der Waals surface area contributed by atoms with Gasteiger partial charge in [-0.2, -0.15) is 0 Å². The Morgan fingerprint density at radius 2 is 1.73 bits per heavy atom. The summed E-state index contributed by atoms with van der Waals surface area (Å²) in [5, 5.41) is 0. The maximum Gasteiger partial charge on any atom is 0.410 e. The van der Waals surface area contributed by atoms with Gasteiger partial charge in [0.25, 0.3) is 0 Å². The summed E-state index contributed by atoms with van der Waals surface area (Å²) in [6.07, 6.45) is 8.56. The van der Waals surface area contributed by atoms with E-state index < -0.39 is 6.04 Å². The Labute approximate surface area is 134 Å². The van der Waals surface area contributed by atoms with Gasteiger partial charge in [-0.3, -0.25) is 4.90 Å². The van der Waals surface area contributed by atoms with E-state index in [9.17, 15) is 9.59 Å². The second-order valence-electron chi connectivity index (χ2n) is 5.90. The van der Waals surface area contributed by atoms with Gasteiger partial charge in [0.05, 0.1) is 13.2 Å². The molecule has 5 nitrogen and oxygen atoms in total. The molecule has 0 aromatic rings. The fraction of sp³-hybridized carbons (Fsp3) is 0.882. The lowest BCUT2D eigenvalue weighted by atomic mass is 10.0. The molecule has 1 fully saturated rings. The van der Waals surface area contributed by atoms with Crippen LogP contribution in [0.3, 0.4) is 0 Å². The molecule has 1 amide bonds. The minimum atomic E-state index is -0.464. The van der Waals surface area contributed by atoms with Crippen LogP contribution in [0.5, 0.6) is 0 Å². The summed E-state index contributed by atoms with van der Waals surface area (Å²) in [5.41, 5.74) is 0. The van der Waals surface area contributed by atoms with Gasteiger partial charge in [0.2, 0.25) is 0 Å². The summed E-state index contributed by atoms with van der Waals surface area (Å²) in [6.45, 7) is 5.56. The highest BCUT2D eigenvalue weighted by atomic mass is 16.6. The lowest BCUT2D eigenvalue weighted by molar-refractivity contribution is -0.150. The molecule has 22 heavy (non-hydrogen) atoms. The Hall–Kier alpha value is -1.26. The molecule has 128 valence electrons. The summed E-state index contributed by atoms with van der Waals surface area (Å²) in [5.74, 6) is -0.274. The van der Waals surface area contributed by atoms with Crippen LogP contribution in [0.15, 0.2) is 0 Å². The van der Waals surface area contributed by atoms with Crippen molar-refractivity contribution in [3.8, 4) is 0 Å². The third-order valence-electron chi connectivity index (χ3n) is 3.93. The third kappa shape index (κ3) is 6.67.